The molecule has 0 bridgehead atoms. The standard InChI is InChI=1S/C28H38N4O4/c1-19-27(36-18-30-19)17-35-26-9-8-22-15-32(11-10-20(22)13-26)16-25(33)14-29-28(34)21-4-2-7-24(12-21)31-23-5-3-6-23/h2,4,7-9,12-13,19,23,25,27,30-31,33H,3,5-6,10-11,14-18H2,1H3,(H,29,34)/t19?,25-,27?/m0/s1. The second kappa shape index (κ2) is 11.6. The summed E-state index contributed by atoms with van der Waals surface area (Å²) in [4.78, 5) is 14.9. The van der Waals surface area contributed by atoms with Gasteiger partial charge in [-0.2, -0.15) is 0 Å². The molecule has 194 valence electrons. The van der Waals surface area contributed by atoms with Crippen LogP contribution in [0.2, 0.25) is 0 Å². The highest BCUT2D eigenvalue weighted by atomic mass is 16.5. The van der Waals surface area contributed by atoms with Crippen LogP contribution in [0, 0.1) is 0 Å². The minimum atomic E-state index is -0.628. The maximum atomic E-state index is 12.6. The summed E-state index contributed by atoms with van der Waals surface area (Å²) in [5, 5.41) is 20.2. The van der Waals surface area contributed by atoms with Crippen LogP contribution in [-0.4, -0.2) is 73.2 Å². The van der Waals surface area contributed by atoms with Crippen molar-refractivity contribution in [3.63, 3.8) is 0 Å². The summed E-state index contributed by atoms with van der Waals surface area (Å²) in [5.41, 5.74) is 4.14. The van der Waals surface area contributed by atoms with Gasteiger partial charge >= 0.3 is 0 Å². The van der Waals surface area contributed by atoms with E-state index in [1.165, 1.54) is 30.4 Å². The highest BCUT2D eigenvalue weighted by Gasteiger charge is 2.25. The zero-order valence-corrected chi connectivity index (χ0v) is 21.0. The lowest BCUT2D eigenvalue weighted by Crippen LogP contribution is -2.42. The largest absolute Gasteiger partial charge is 0.491 e. The van der Waals surface area contributed by atoms with Crippen molar-refractivity contribution in [3.05, 3.63) is 59.2 Å². The predicted molar refractivity (Wildman–Crippen MR) is 139 cm³/mol. The number of anilines is 1. The average Bonchev–Trinajstić information content (AvgIpc) is 3.28. The molecule has 1 amide bonds. The number of nitrogens with zero attached hydrogens (tertiary/aromatic N) is 1. The van der Waals surface area contributed by atoms with Crippen LogP contribution in [0.4, 0.5) is 5.69 Å². The first-order valence-electron chi connectivity index (χ1n) is 13.2. The maximum absolute atomic E-state index is 12.6. The van der Waals surface area contributed by atoms with Crippen molar-refractivity contribution >= 4 is 11.6 Å². The van der Waals surface area contributed by atoms with E-state index in [0.717, 1.165) is 30.9 Å². The lowest BCUT2D eigenvalue weighted by Gasteiger charge is -2.30. The van der Waals surface area contributed by atoms with E-state index in [0.29, 0.717) is 37.5 Å². The Bertz CT molecular complexity index is 1040. The highest BCUT2D eigenvalue weighted by Crippen LogP contribution is 2.25. The third-order valence-corrected chi connectivity index (χ3v) is 7.51. The Hall–Kier alpha value is -2.65. The number of aliphatic hydroxyl groups is 1. The van der Waals surface area contributed by atoms with E-state index < -0.39 is 6.10 Å². The second-order valence-electron chi connectivity index (χ2n) is 10.3. The summed E-state index contributed by atoms with van der Waals surface area (Å²) in [5.74, 6) is 0.718. The minimum Gasteiger partial charge on any atom is -0.491 e. The Morgan fingerprint density at radius 3 is 2.92 bits per heavy atom. The lowest BCUT2D eigenvalue weighted by atomic mass is 9.93. The normalized spacial score (nSPS) is 22.9. The predicted octanol–water partition coefficient (Wildman–Crippen LogP) is 2.51. The molecule has 4 N–H and O–H groups in total. The zero-order valence-electron chi connectivity index (χ0n) is 21.0. The average molecular weight is 495 g/mol. The summed E-state index contributed by atoms with van der Waals surface area (Å²) >= 11 is 0. The molecule has 0 radical (unpaired) electrons. The molecule has 3 aliphatic rings. The monoisotopic (exact) mass is 494 g/mol. The zero-order chi connectivity index (χ0) is 24.9. The fraction of sp³-hybridized carbons (Fsp3) is 0.536. The number of rotatable bonds is 10. The number of β-amino-alcohol motifs (C(OH)–C–C–N with tert-alkyl or cyclic N) is 1. The highest BCUT2D eigenvalue weighted by molar-refractivity contribution is 5.95. The van der Waals surface area contributed by atoms with Crippen LogP contribution in [0.3, 0.4) is 0 Å². The number of hydrogen-bond donors (Lipinski definition) is 4. The lowest BCUT2D eigenvalue weighted by molar-refractivity contribution is 0.0622. The Labute approximate surface area is 213 Å². The molecule has 8 nitrogen and oxygen atoms in total. The third-order valence-electron chi connectivity index (χ3n) is 7.51. The molecule has 2 aliphatic heterocycles. The fourth-order valence-electron chi connectivity index (χ4n) is 4.98. The van der Waals surface area contributed by atoms with Gasteiger partial charge in [-0.25, -0.2) is 0 Å². The molecule has 3 atom stereocenters. The first-order valence-corrected chi connectivity index (χ1v) is 13.2. The van der Waals surface area contributed by atoms with Crippen LogP contribution in [0.5, 0.6) is 5.75 Å². The number of amides is 1. The quantitative estimate of drug-likeness (QED) is 0.403. The van der Waals surface area contributed by atoms with E-state index in [1.807, 2.05) is 30.3 Å². The first kappa shape index (κ1) is 25.0. The summed E-state index contributed by atoms with van der Waals surface area (Å²) in [6.45, 7) is 5.62. The number of carbonyl (C=O) groups is 1. The number of hydrogen-bond acceptors (Lipinski definition) is 7. The molecule has 0 aromatic heterocycles. The van der Waals surface area contributed by atoms with E-state index in [-0.39, 0.29) is 18.6 Å². The number of carbonyl (C=O) groups excluding carboxylic acids is 1. The summed E-state index contributed by atoms with van der Waals surface area (Å²) < 4.78 is 11.6. The number of fused-ring (bicyclic) bond motifs is 1. The van der Waals surface area contributed by atoms with Crippen LogP contribution in [0.25, 0.3) is 0 Å². The van der Waals surface area contributed by atoms with E-state index in [2.05, 4.69) is 39.9 Å². The second-order valence-corrected chi connectivity index (χ2v) is 10.3. The first-order chi connectivity index (χ1) is 17.5. The molecule has 5 rings (SSSR count). The van der Waals surface area contributed by atoms with Crippen molar-refractivity contribution in [2.24, 2.45) is 0 Å². The maximum Gasteiger partial charge on any atom is 0.251 e. The van der Waals surface area contributed by atoms with Crippen LogP contribution >= 0.6 is 0 Å². The van der Waals surface area contributed by atoms with Crippen molar-refractivity contribution in [1.82, 2.24) is 15.5 Å². The van der Waals surface area contributed by atoms with Crippen molar-refractivity contribution in [1.29, 1.82) is 0 Å². The summed E-state index contributed by atoms with van der Waals surface area (Å²) in [6, 6.07) is 14.7. The van der Waals surface area contributed by atoms with Crippen LogP contribution < -0.4 is 20.7 Å². The Kier molecular flexibility index (Phi) is 8.06. The van der Waals surface area contributed by atoms with Crippen LogP contribution in [-0.2, 0) is 17.7 Å². The molecule has 2 fully saturated rings. The van der Waals surface area contributed by atoms with E-state index in [9.17, 15) is 9.90 Å². The third kappa shape index (κ3) is 6.37. The van der Waals surface area contributed by atoms with Gasteiger partial charge in [-0.3, -0.25) is 15.0 Å². The van der Waals surface area contributed by atoms with Crippen molar-refractivity contribution in [2.45, 2.75) is 63.4 Å². The molecule has 2 heterocycles. The molecule has 1 saturated carbocycles. The molecule has 2 aromatic rings. The van der Waals surface area contributed by atoms with Gasteiger partial charge in [0.05, 0.1) is 12.8 Å². The molecule has 36 heavy (non-hydrogen) atoms. The summed E-state index contributed by atoms with van der Waals surface area (Å²) in [6.07, 6.45) is 3.99. The van der Waals surface area contributed by atoms with Gasteiger partial charge in [0.25, 0.3) is 5.91 Å². The van der Waals surface area contributed by atoms with Gasteiger partial charge in [0.2, 0.25) is 0 Å². The molecule has 2 aromatic carbocycles. The Morgan fingerprint density at radius 2 is 2.14 bits per heavy atom. The van der Waals surface area contributed by atoms with Gasteiger partial charge in [0.15, 0.2) is 0 Å². The molecule has 8 heteroatoms. The molecule has 1 aliphatic carbocycles. The Morgan fingerprint density at radius 1 is 1.25 bits per heavy atom. The molecule has 2 unspecified atom stereocenters. The summed E-state index contributed by atoms with van der Waals surface area (Å²) in [7, 11) is 0. The number of ether oxygens (including phenoxy) is 2. The van der Waals surface area contributed by atoms with Gasteiger partial charge < -0.3 is 25.2 Å². The van der Waals surface area contributed by atoms with Crippen LogP contribution in [0.15, 0.2) is 42.5 Å². The molecule has 0 spiro atoms. The van der Waals surface area contributed by atoms with Crippen molar-refractivity contribution < 1.29 is 19.4 Å². The minimum absolute atomic E-state index is 0.0754. The van der Waals surface area contributed by atoms with Gasteiger partial charge in [-0.15, -0.1) is 0 Å². The van der Waals surface area contributed by atoms with E-state index in [1.54, 1.807) is 0 Å². The number of benzene rings is 2. The molecular weight excluding hydrogens is 456 g/mol. The topological polar surface area (TPSA) is 95.1 Å². The SMILES string of the molecule is CC1NCOC1COc1ccc2c(c1)CCN(C[C@@H](O)CNC(=O)c1cccc(NC3CCC3)c1)C2. The van der Waals surface area contributed by atoms with E-state index in [4.69, 9.17) is 9.47 Å². The van der Waals surface area contributed by atoms with Crippen molar-refractivity contribution in [3.8, 4) is 5.75 Å². The smallest absolute Gasteiger partial charge is 0.251 e. The molecule has 1 saturated heterocycles. The van der Waals surface area contributed by atoms with Gasteiger partial charge in [-0.05, 0) is 74.1 Å². The van der Waals surface area contributed by atoms with Gasteiger partial charge in [0, 0.05) is 49.5 Å². The van der Waals surface area contributed by atoms with Crippen LogP contribution in [0.1, 0.15) is 47.7 Å². The Balaban J connectivity index is 1.06. The van der Waals surface area contributed by atoms with Gasteiger partial charge in [-0.1, -0.05) is 12.1 Å². The number of nitrogens with one attached hydrogen (secondary N) is 3. The van der Waals surface area contributed by atoms with Gasteiger partial charge in [0.1, 0.15) is 18.5 Å². The molecular formula is C28H38N4O4. The fourth-order valence-corrected chi connectivity index (χ4v) is 4.98. The number of aliphatic hydroxyl groups excluding tert-OH is 1. The van der Waals surface area contributed by atoms with E-state index >= 15 is 0 Å². The van der Waals surface area contributed by atoms with Crippen molar-refractivity contribution in [2.75, 3.05) is 38.3 Å².